The number of hydrogen-bond donors (Lipinski definition) is 2. The van der Waals surface area contributed by atoms with Gasteiger partial charge in [-0.3, -0.25) is 0 Å². The molecule has 0 aliphatic rings. The van der Waals surface area contributed by atoms with Crippen LogP contribution >= 0.6 is 0 Å². The molecule has 0 saturated heterocycles. The molecule has 0 aliphatic heterocycles. The zero-order chi connectivity index (χ0) is 13.1. The molecule has 0 radical (unpaired) electrons. The summed E-state index contributed by atoms with van der Waals surface area (Å²) in [4.78, 5) is 14.8. The van der Waals surface area contributed by atoms with Gasteiger partial charge in [-0.05, 0) is 18.6 Å². The molecule has 0 saturated carbocycles. The third-order valence-electron chi connectivity index (χ3n) is 2.45. The molecule has 18 heavy (non-hydrogen) atoms. The van der Waals surface area contributed by atoms with Crippen LogP contribution in [0, 0.1) is 0 Å². The highest BCUT2D eigenvalue weighted by Gasteiger charge is 2.10. The number of pyridine rings is 1. The Kier molecular flexibility index (Phi) is 3.32. The van der Waals surface area contributed by atoms with Gasteiger partial charge < -0.3 is 14.9 Å². The topological polar surface area (TPSA) is 79.7 Å². The first-order valence-corrected chi connectivity index (χ1v) is 5.61. The molecule has 94 valence electrons. The van der Waals surface area contributed by atoms with Crippen LogP contribution in [0.5, 0.6) is 11.5 Å². The van der Waals surface area contributed by atoms with Crippen molar-refractivity contribution in [3.05, 3.63) is 30.0 Å². The van der Waals surface area contributed by atoms with E-state index in [2.05, 4.69) is 4.98 Å². The highest BCUT2D eigenvalue weighted by Crippen LogP contribution is 2.27. The van der Waals surface area contributed by atoms with Gasteiger partial charge in [-0.1, -0.05) is 6.92 Å². The van der Waals surface area contributed by atoms with Crippen molar-refractivity contribution in [3.8, 4) is 11.5 Å². The van der Waals surface area contributed by atoms with E-state index in [-0.39, 0.29) is 11.4 Å². The molecule has 2 rings (SSSR count). The summed E-state index contributed by atoms with van der Waals surface area (Å²) in [6.45, 7) is 2.57. The summed E-state index contributed by atoms with van der Waals surface area (Å²) in [6, 6.07) is 6.14. The van der Waals surface area contributed by atoms with Crippen molar-refractivity contribution in [2.45, 2.75) is 13.3 Å². The van der Waals surface area contributed by atoms with Gasteiger partial charge in [0.25, 0.3) is 0 Å². The molecule has 0 aliphatic carbocycles. The van der Waals surface area contributed by atoms with E-state index in [0.29, 0.717) is 23.3 Å². The maximum absolute atomic E-state index is 10.8. The lowest BCUT2D eigenvalue weighted by atomic mass is 10.1. The molecular weight excluding hydrogens is 234 g/mol. The van der Waals surface area contributed by atoms with Crippen molar-refractivity contribution in [1.29, 1.82) is 0 Å². The number of carbonyl (C=O) groups is 1. The minimum absolute atomic E-state index is 0.0977. The van der Waals surface area contributed by atoms with Gasteiger partial charge in [0.05, 0.1) is 12.1 Å². The van der Waals surface area contributed by atoms with Crippen molar-refractivity contribution in [3.63, 3.8) is 0 Å². The van der Waals surface area contributed by atoms with Crippen molar-refractivity contribution < 1.29 is 19.7 Å². The summed E-state index contributed by atoms with van der Waals surface area (Å²) < 4.78 is 5.43. The Morgan fingerprint density at radius 3 is 2.83 bits per heavy atom. The predicted molar refractivity (Wildman–Crippen MR) is 66.2 cm³/mol. The van der Waals surface area contributed by atoms with Gasteiger partial charge >= 0.3 is 5.97 Å². The normalized spacial score (nSPS) is 10.5. The van der Waals surface area contributed by atoms with E-state index in [0.717, 1.165) is 12.5 Å². The molecule has 0 spiro atoms. The summed E-state index contributed by atoms with van der Waals surface area (Å²) in [5.41, 5.74) is 0.216. The number of aromatic carboxylic acids is 1. The highest BCUT2D eigenvalue weighted by molar-refractivity contribution is 5.93. The van der Waals surface area contributed by atoms with Gasteiger partial charge in [-0.25, -0.2) is 9.78 Å². The minimum atomic E-state index is -1.17. The average molecular weight is 247 g/mol. The van der Waals surface area contributed by atoms with Gasteiger partial charge in [0.2, 0.25) is 0 Å². The Bertz CT molecular complexity index is 595. The Morgan fingerprint density at radius 2 is 2.17 bits per heavy atom. The van der Waals surface area contributed by atoms with Crippen LogP contribution in [-0.2, 0) is 0 Å². The van der Waals surface area contributed by atoms with Crippen molar-refractivity contribution in [1.82, 2.24) is 4.98 Å². The van der Waals surface area contributed by atoms with Crippen molar-refractivity contribution in [2.75, 3.05) is 6.61 Å². The van der Waals surface area contributed by atoms with Crippen LogP contribution in [0.4, 0.5) is 0 Å². The Hall–Kier alpha value is -2.30. The molecule has 1 heterocycles. The molecule has 0 atom stereocenters. The summed E-state index contributed by atoms with van der Waals surface area (Å²) >= 11 is 0. The molecule has 5 heteroatoms. The van der Waals surface area contributed by atoms with E-state index in [9.17, 15) is 9.90 Å². The number of carboxylic acid groups (broad SMARTS) is 1. The summed E-state index contributed by atoms with van der Waals surface area (Å²) in [5.74, 6) is -0.662. The first kappa shape index (κ1) is 12.2. The second-order valence-electron chi connectivity index (χ2n) is 3.86. The van der Waals surface area contributed by atoms with E-state index in [4.69, 9.17) is 9.84 Å². The van der Waals surface area contributed by atoms with Crippen LogP contribution in [0.1, 0.15) is 23.8 Å². The first-order chi connectivity index (χ1) is 8.61. The van der Waals surface area contributed by atoms with Gasteiger partial charge in [0.1, 0.15) is 11.5 Å². The summed E-state index contributed by atoms with van der Waals surface area (Å²) in [7, 11) is 0. The van der Waals surface area contributed by atoms with Crippen LogP contribution in [-0.4, -0.2) is 27.8 Å². The molecule has 0 fully saturated rings. The van der Waals surface area contributed by atoms with Crippen LogP contribution in [0.25, 0.3) is 10.9 Å². The fourth-order valence-electron chi connectivity index (χ4n) is 1.61. The van der Waals surface area contributed by atoms with Gasteiger partial charge in [-0.2, -0.15) is 0 Å². The lowest BCUT2D eigenvalue weighted by Crippen LogP contribution is -2.00. The number of rotatable bonds is 4. The van der Waals surface area contributed by atoms with Crippen LogP contribution in [0.15, 0.2) is 24.3 Å². The third-order valence-corrected chi connectivity index (χ3v) is 2.45. The van der Waals surface area contributed by atoms with Crippen molar-refractivity contribution in [2.24, 2.45) is 0 Å². The SMILES string of the molecule is CCCOc1ccc2c(O)cc(C(=O)O)nc2c1. The number of fused-ring (bicyclic) bond motifs is 1. The molecule has 1 aromatic carbocycles. The fraction of sp³-hybridized carbons (Fsp3) is 0.231. The molecule has 2 N–H and O–H groups in total. The Balaban J connectivity index is 2.49. The Morgan fingerprint density at radius 1 is 1.39 bits per heavy atom. The maximum Gasteiger partial charge on any atom is 0.354 e. The largest absolute Gasteiger partial charge is 0.507 e. The van der Waals surface area contributed by atoms with Gasteiger partial charge in [0, 0.05) is 17.5 Å². The zero-order valence-electron chi connectivity index (χ0n) is 9.88. The quantitative estimate of drug-likeness (QED) is 0.867. The lowest BCUT2D eigenvalue weighted by Gasteiger charge is -2.07. The monoisotopic (exact) mass is 247 g/mol. The minimum Gasteiger partial charge on any atom is -0.507 e. The number of carboxylic acids is 1. The average Bonchev–Trinajstić information content (AvgIpc) is 2.35. The molecule has 0 bridgehead atoms. The molecule has 5 nitrogen and oxygen atoms in total. The number of nitrogens with zero attached hydrogens (tertiary/aromatic N) is 1. The molecular formula is C13H13NO4. The van der Waals surface area contributed by atoms with Crippen LogP contribution in [0.2, 0.25) is 0 Å². The number of ether oxygens (including phenoxy) is 1. The van der Waals surface area contributed by atoms with E-state index in [1.807, 2.05) is 6.92 Å². The first-order valence-electron chi connectivity index (χ1n) is 5.61. The van der Waals surface area contributed by atoms with Gasteiger partial charge in [-0.15, -0.1) is 0 Å². The number of hydrogen-bond acceptors (Lipinski definition) is 4. The van der Waals surface area contributed by atoms with Crippen molar-refractivity contribution >= 4 is 16.9 Å². The third kappa shape index (κ3) is 2.34. The summed E-state index contributed by atoms with van der Waals surface area (Å²) in [5, 5.41) is 19.1. The summed E-state index contributed by atoms with van der Waals surface area (Å²) in [6.07, 6.45) is 0.881. The second-order valence-corrected chi connectivity index (χ2v) is 3.86. The van der Waals surface area contributed by atoms with Crippen LogP contribution < -0.4 is 4.74 Å². The molecule has 2 aromatic rings. The highest BCUT2D eigenvalue weighted by atomic mass is 16.5. The van der Waals surface area contributed by atoms with Crippen LogP contribution in [0.3, 0.4) is 0 Å². The maximum atomic E-state index is 10.8. The fourth-order valence-corrected chi connectivity index (χ4v) is 1.61. The van der Waals surface area contributed by atoms with E-state index >= 15 is 0 Å². The number of aromatic nitrogens is 1. The number of benzene rings is 1. The number of aromatic hydroxyl groups is 1. The molecule has 0 unspecified atom stereocenters. The zero-order valence-corrected chi connectivity index (χ0v) is 9.88. The molecule has 0 amide bonds. The van der Waals surface area contributed by atoms with E-state index < -0.39 is 5.97 Å². The lowest BCUT2D eigenvalue weighted by molar-refractivity contribution is 0.0690. The van der Waals surface area contributed by atoms with E-state index in [1.54, 1.807) is 18.2 Å². The smallest absolute Gasteiger partial charge is 0.354 e. The van der Waals surface area contributed by atoms with E-state index in [1.165, 1.54) is 0 Å². The second kappa shape index (κ2) is 4.91. The molecule has 1 aromatic heterocycles. The standard InChI is InChI=1S/C13H13NO4/c1-2-5-18-8-3-4-9-10(6-8)14-11(13(16)17)7-12(9)15/h3-4,6-7H,2,5H2,1H3,(H,14,15)(H,16,17). The van der Waals surface area contributed by atoms with Gasteiger partial charge in [0.15, 0.2) is 5.69 Å². The Labute approximate surface area is 104 Å². The predicted octanol–water partition coefficient (Wildman–Crippen LogP) is 2.43.